The van der Waals surface area contributed by atoms with E-state index in [9.17, 15) is 9.59 Å². The molecule has 114 valence electrons. The zero-order valence-corrected chi connectivity index (χ0v) is 12.7. The molecule has 0 aromatic heterocycles. The molecular formula is C16H22N2O3. The molecule has 5 nitrogen and oxygen atoms in total. The van der Waals surface area contributed by atoms with Gasteiger partial charge in [-0.2, -0.15) is 0 Å². The summed E-state index contributed by atoms with van der Waals surface area (Å²) >= 11 is 0. The number of aromatic carboxylic acids is 1. The molecule has 1 aliphatic heterocycles. The molecule has 21 heavy (non-hydrogen) atoms. The van der Waals surface area contributed by atoms with Crippen LogP contribution in [-0.4, -0.2) is 29.6 Å². The van der Waals surface area contributed by atoms with Crippen LogP contribution in [0.3, 0.4) is 0 Å². The predicted molar refractivity (Wildman–Crippen MR) is 81.5 cm³/mol. The monoisotopic (exact) mass is 290 g/mol. The number of hydrogen-bond acceptors (Lipinski definition) is 3. The van der Waals surface area contributed by atoms with Crippen molar-refractivity contribution in [2.24, 2.45) is 11.1 Å². The van der Waals surface area contributed by atoms with E-state index in [-0.39, 0.29) is 22.9 Å². The van der Waals surface area contributed by atoms with E-state index >= 15 is 0 Å². The van der Waals surface area contributed by atoms with Gasteiger partial charge in [-0.15, -0.1) is 0 Å². The summed E-state index contributed by atoms with van der Waals surface area (Å²) in [6.45, 7) is 6.64. The van der Waals surface area contributed by atoms with E-state index in [0.29, 0.717) is 19.4 Å². The Labute approximate surface area is 124 Å². The molecule has 1 aliphatic rings. The van der Waals surface area contributed by atoms with Gasteiger partial charge in [0, 0.05) is 24.7 Å². The predicted octanol–water partition coefficient (Wildman–Crippen LogP) is 2.04. The molecule has 1 atom stereocenters. The van der Waals surface area contributed by atoms with Crippen molar-refractivity contribution < 1.29 is 14.7 Å². The van der Waals surface area contributed by atoms with Gasteiger partial charge >= 0.3 is 5.97 Å². The summed E-state index contributed by atoms with van der Waals surface area (Å²) < 4.78 is 0. The van der Waals surface area contributed by atoms with E-state index in [2.05, 4.69) is 0 Å². The molecule has 1 unspecified atom stereocenters. The zero-order chi connectivity index (χ0) is 15.8. The number of carboxylic acid groups (broad SMARTS) is 1. The highest BCUT2D eigenvalue weighted by molar-refractivity contribution is 5.97. The van der Waals surface area contributed by atoms with Crippen LogP contribution in [0, 0.1) is 5.41 Å². The number of rotatable bonds is 3. The molecule has 3 N–H and O–H groups in total. The van der Waals surface area contributed by atoms with Gasteiger partial charge < -0.3 is 15.7 Å². The lowest BCUT2D eigenvalue weighted by atomic mass is 9.85. The fourth-order valence-electron chi connectivity index (χ4n) is 2.40. The first-order chi connectivity index (χ1) is 9.70. The molecule has 1 heterocycles. The van der Waals surface area contributed by atoms with Gasteiger partial charge in [-0.1, -0.05) is 20.8 Å². The highest BCUT2D eigenvalue weighted by Gasteiger charge is 2.29. The van der Waals surface area contributed by atoms with Crippen molar-refractivity contribution in [2.75, 3.05) is 11.4 Å². The van der Waals surface area contributed by atoms with Gasteiger partial charge in [0.25, 0.3) is 0 Å². The Morgan fingerprint density at radius 1 is 1.38 bits per heavy atom. The maximum atomic E-state index is 12.4. The maximum Gasteiger partial charge on any atom is 0.335 e. The lowest BCUT2D eigenvalue weighted by molar-refractivity contribution is -0.119. The van der Waals surface area contributed by atoms with Crippen LogP contribution in [0.15, 0.2) is 18.2 Å². The SMILES string of the molecule is CC(C)(C)C(N)CC(=O)N1CCc2cc(C(=O)O)ccc21. The van der Waals surface area contributed by atoms with Crippen LogP contribution in [0.25, 0.3) is 0 Å². The quantitative estimate of drug-likeness (QED) is 0.892. The smallest absolute Gasteiger partial charge is 0.335 e. The number of nitrogens with zero attached hydrogens (tertiary/aromatic N) is 1. The van der Waals surface area contributed by atoms with Crippen LogP contribution < -0.4 is 10.6 Å². The van der Waals surface area contributed by atoms with Crippen LogP contribution in [0.5, 0.6) is 0 Å². The van der Waals surface area contributed by atoms with Gasteiger partial charge in [0.15, 0.2) is 0 Å². The van der Waals surface area contributed by atoms with Crippen molar-refractivity contribution >= 4 is 17.6 Å². The van der Waals surface area contributed by atoms with Gasteiger partial charge in [0.1, 0.15) is 0 Å². The third kappa shape index (κ3) is 3.24. The summed E-state index contributed by atoms with van der Waals surface area (Å²) in [4.78, 5) is 25.1. The summed E-state index contributed by atoms with van der Waals surface area (Å²) in [5, 5.41) is 9.00. The Morgan fingerprint density at radius 3 is 2.62 bits per heavy atom. The number of hydrogen-bond donors (Lipinski definition) is 2. The summed E-state index contributed by atoms with van der Waals surface area (Å²) in [7, 11) is 0. The van der Waals surface area contributed by atoms with Gasteiger partial charge in [0.2, 0.25) is 5.91 Å². The number of carboxylic acids is 1. The van der Waals surface area contributed by atoms with Crippen molar-refractivity contribution in [1.29, 1.82) is 0 Å². The Bertz CT molecular complexity index is 575. The Balaban J connectivity index is 2.16. The number of carbonyl (C=O) groups excluding carboxylic acids is 1. The first-order valence-corrected chi connectivity index (χ1v) is 7.12. The molecule has 0 fully saturated rings. The average Bonchev–Trinajstić information content (AvgIpc) is 2.80. The van der Waals surface area contributed by atoms with Crippen molar-refractivity contribution in [3.8, 4) is 0 Å². The number of anilines is 1. The highest BCUT2D eigenvalue weighted by Crippen LogP contribution is 2.30. The highest BCUT2D eigenvalue weighted by atomic mass is 16.4. The van der Waals surface area contributed by atoms with Gasteiger partial charge in [-0.25, -0.2) is 4.79 Å². The fraction of sp³-hybridized carbons (Fsp3) is 0.500. The summed E-state index contributed by atoms with van der Waals surface area (Å²) in [5.74, 6) is -0.948. The van der Waals surface area contributed by atoms with Crippen molar-refractivity contribution in [3.05, 3.63) is 29.3 Å². The lowest BCUT2D eigenvalue weighted by Gasteiger charge is -2.28. The minimum absolute atomic E-state index is 0.000694. The summed E-state index contributed by atoms with van der Waals surface area (Å²) in [6, 6.07) is 4.70. The Kier molecular flexibility index (Phi) is 4.05. The first-order valence-electron chi connectivity index (χ1n) is 7.12. The Hall–Kier alpha value is -1.88. The van der Waals surface area contributed by atoms with Crippen molar-refractivity contribution in [3.63, 3.8) is 0 Å². The van der Waals surface area contributed by atoms with E-state index < -0.39 is 5.97 Å². The van der Waals surface area contributed by atoms with E-state index in [0.717, 1.165) is 11.3 Å². The zero-order valence-electron chi connectivity index (χ0n) is 12.7. The largest absolute Gasteiger partial charge is 0.478 e. The maximum absolute atomic E-state index is 12.4. The number of fused-ring (bicyclic) bond motifs is 1. The minimum atomic E-state index is -0.947. The molecule has 1 aromatic carbocycles. The van der Waals surface area contributed by atoms with Crippen LogP contribution >= 0.6 is 0 Å². The molecule has 2 rings (SSSR count). The molecule has 0 saturated carbocycles. The van der Waals surface area contributed by atoms with E-state index in [1.165, 1.54) is 6.07 Å². The molecular weight excluding hydrogens is 268 g/mol. The molecule has 0 spiro atoms. The normalized spacial score (nSPS) is 15.7. The molecule has 5 heteroatoms. The van der Waals surface area contributed by atoms with Crippen LogP contribution in [0.4, 0.5) is 5.69 Å². The van der Waals surface area contributed by atoms with E-state index in [1.54, 1.807) is 17.0 Å². The molecule has 0 aliphatic carbocycles. The number of amides is 1. The third-order valence-electron chi connectivity index (χ3n) is 4.03. The number of nitrogens with two attached hydrogens (primary N) is 1. The molecule has 1 aromatic rings. The first kappa shape index (κ1) is 15.5. The topological polar surface area (TPSA) is 83.6 Å². The van der Waals surface area contributed by atoms with E-state index in [1.807, 2.05) is 20.8 Å². The standard InChI is InChI=1S/C16H22N2O3/c1-16(2,3)13(17)9-14(19)18-7-6-10-8-11(15(20)21)4-5-12(10)18/h4-5,8,13H,6-7,9,17H2,1-3H3,(H,20,21). The number of benzene rings is 1. The third-order valence-corrected chi connectivity index (χ3v) is 4.03. The van der Waals surface area contributed by atoms with Gasteiger partial charge in [-0.3, -0.25) is 4.79 Å². The summed E-state index contributed by atoms with van der Waals surface area (Å²) in [5.41, 5.74) is 7.94. The van der Waals surface area contributed by atoms with Gasteiger partial charge in [-0.05, 0) is 35.6 Å². The molecule has 0 bridgehead atoms. The Morgan fingerprint density at radius 2 is 2.05 bits per heavy atom. The second-order valence-corrected chi connectivity index (χ2v) is 6.62. The second kappa shape index (κ2) is 5.48. The van der Waals surface area contributed by atoms with Crippen LogP contribution in [-0.2, 0) is 11.2 Å². The lowest BCUT2D eigenvalue weighted by Crippen LogP contribution is -2.41. The van der Waals surface area contributed by atoms with Crippen molar-refractivity contribution in [2.45, 2.75) is 39.7 Å². The molecule has 1 amide bonds. The number of carbonyl (C=O) groups is 2. The van der Waals surface area contributed by atoms with E-state index in [4.69, 9.17) is 10.8 Å². The second-order valence-electron chi connectivity index (χ2n) is 6.62. The summed E-state index contributed by atoms with van der Waals surface area (Å²) in [6.07, 6.45) is 0.983. The minimum Gasteiger partial charge on any atom is -0.478 e. The van der Waals surface area contributed by atoms with Crippen LogP contribution in [0.1, 0.15) is 43.1 Å². The average molecular weight is 290 g/mol. The molecule has 0 saturated heterocycles. The van der Waals surface area contributed by atoms with Gasteiger partial charge in [0.05, 0.1) is 5.56 Å². The van der Waals surface area contributed by atoms with Crippen LogP contribution in [0.2, 0.25) is 0 Å². The fourth-order valence-corrected chi connectivity index (χ4v) is 2.40. The van der Waals surface area contributed by atoms with Crippen molar-refractivity contribution in [1.82, 2.24) is 0 Å². The molecule has 0 radical (unpaired) electrons.